The van der Waals surface area contributed by atoms with Gasteiger partial charge in [0, 0.05) is 0 Å². The largest absolute Gasteiger partial charge is 0.497 e. The zero-order valence-electron chi connectivity index (χ0n) is 14.6. The average Bonchev–Trinajstić information content (AvgIpc) is 2.70. The zero-order valence-corrected chi connectivity index (χ0v) is 14.6. The molecule has 0 radical (unpaired) electrons. The predicted octanol–water partition coefficient (Wildman–Crippen LogP) is 4.75. The number of carbonyl (C=O) groups excluding carboxylic acids is 1. The Bertz CT molecular complexity index is 891. The van der Waals surface area contributed by atoms with Gasteiger partial charge in [-0.15, -0.1) is 0 Å². The van der Waals surface area contributed by atoms with Crippen LogP contribution in [-0.2, 0) is 0 Å². The molecule has 3 aromatic rings. The number of amides is 1. The lowest BCUT2D eigenvalue weighted by atomic mass is 10.2. The van der Waals surface area contributed by atoms with Crippen molar-refractivity contribution in [2.75, 3.05) is 19.5 Å². The van der Waals surface area contributed by atoms with Crippen LogP contribution >= 0.6 is 0 Å². The summed E-state index contributed by atoms with van der Waals surface area (Å²) >= 11 is 0. The van der Waals surface area contributed by atoms with Gasteiger partial charge in [-0.2, -0.15) is 0 Å². The molecular weight excluding hydrogens is 330 g/mol. The number of methoxy groups -OCH3 is 2. The van der Waals surface area contributed by atoms with E-state index in [4.69, 9.17) is 14.2 Å². The maximum absolute atomic E-state index is 12.6. The molecule has 5 nitrogen and oxygen atoms in total. The molecule has 26 heavy (non-hydrogen) atoms. The number of hydrogen-bond acceptors (Lipinski definition) is 4. The van der Waals surface area contributed by atoms with Crippen molar-refractivity contribution >= 4 is 11.6 Å². The third kappa shape index (κ3) is 3.95. The van der Waals surface area contributed by atoms with E-state index in [0.717, 1.165) is 5.75 Å². The van der Waals surface area contributed by atoms with Crippen LogP contribution in [0.2, 0.25) is 0 Å². The Labute approximate surface area is 152 Å². The van der Waals surface area contributed by atoms with E-state index in [0.29, 0.717) is 28.5 Å². The quantitative estimate of drug-likeness (QED) is 0.698. The lowest BCUT2D eigenvalue weighted by molar-refractivity contribution is 0.102. The van der Waals surface area contributed by atoms with Crippen LogP contribution in [0.3, 0.4) is 0 Å². The molecule has 0 aromatic heterocycles. The number of nitrogens with one attached hydrogen (secondary N) is 1. The van der Waals surface area contributed by atoms with Crippen molar-refractivity contribution in [3.05, 3.63) is 78.4 Å². The van der Waals surface area contributed by atoms with Gasteiger partial charge >= 0.3 is 0 Å². The molecule has 0 atom stereocenters. The highest BCUT2D eigenvalue weighted by Crippen LogP contribution is 2.31. The minimum atomic E-state index is -0.270. The second-order valence-electron chi connectivity index (χ2n) is 5.43. The molecule has 5 heteroatoms. The van der Waals surface area contributed by atoms with Crippen LogP contribution in [0.4, 0.5) is 5.69 Å². The minimum absolute atomic E-state index is 0.270. The molecular formula is C21H19NO4. The average molecular weight is 349 g/mol. The molecule has 0 unspecified atom stereocenters. The third-order valence-electron chi connectivity index (χ3n) is 3.77. The van der Waals surface area contributed by atoms with Crippen molar-refractivity contribution in [1.82, 2.24) is 0 Å². The Morgan fingerprint density at radius 1 is 0.731 bits per heavy atom. The van der Waals surface area contributed by atoms with E-state index in [-0.39, 0.29) is 5.91 Å². The third-order valence-corrected chi connectivity index (χ3v) is 3.77. The maximum atomic E-state index is 12.6. The summed E-state index contributed by atoms with van der Waals surface area (Å²) in [6, 6.07) is 21.5. The number of benzene rings is 3. The van der Waals surface area contributed by atoms with Crippen LogP contribution in [0.15, 0.2) is 72.8 Å². The fraction of sp³-hybridized carbons (Fsp3) is 0.0952. The maximum Gasteiger partial charge on any atom is 0.259 e. The first kappa shape index (κ1) is 17.4. The summed E-state index contributed by atoms with van der Waals surface area (Å²) in [5.74, 6) is 2.17. The Hall–Kier alpha value is -3.47. The highest BCUT2D eigenvalue weighted by Gasteiger charge is 2.14. The number of carbonyl (C=O) groups is 1. The molecule has 1 amide bonds. The Morgan fingerprint density at radius 2 is 1.35 bits per heavy atom. The van der Waals surface area contributed by atoms with Crippen molar-refractivity contribution < 1.29 is 19.0 Å². The van der Waals surface area contributed by atoms with Crippen LogP contribution in [-0.4, -0.2) is 20.1 Å². The van der Waals surface area contributed by atoms with E-state index in [9.17, 15) is 4.79 Å². The lowest BCUT2D eigenvalue weighted by Gasteiger charge is -2.13. The smallest absolute Gasteiger partial charge is 0.259 e. The molecule has 3 rings (SSSR count). The standard InChI is InChI=1S/C21H19NO4/c1-24-15-11-13-16(14-12-15)26-20-10-6-4-8-18(20)22-21(23)17-7-3-5-9-19(17)25-2/h3-14H,1-2H3,(H,22,23). The minimum Gasteiger partial charge on any atom is -0.497 e. The van der Waals surface area contributed by atoms with Crippen molar-refractivity contribution in [3.63, 3.8) is 0 Å². The summed E-state index contributed by atoms with van der Waals surface area (Å²) in [6.07, 6.45) is 0. The van der Waals surface area contributed by atoms with Crippen LogP contribution in [0.1, 0.15) is 10.4 Å². The summed E-state index contributed by atoms with van der Waals surface area (Å²) in [4.78, 5) is 12.6. The number of ether oxygens (including phenoxy) is 3. The van der Waals surface area contributed by atoms with Gasteiger partial charge in [0.05, 0.1) is 25.5 Å². The van der Waals surface area contributed by atoms with E-state index in [1.807, 2.05) is 30.3 Å². The fourth-order valence-corrected chi connectivity index (χ4v) is 2.45. The summed E-state index contributed by atoms with van der Waals surface area (Å²) < 4.78 is 16.3. The molecule has 0 saturated heterocycles. The molecule has 0 aliphatic carbocycles. The van der Waals surface area contributed by atoms with Gasteiger partial charge in [-0.1, -0.05) is 24.3 Å². The summed E-state index contributed by atoms with van der Waals surface area (Å²) in [5.41, 5.74) is 1.02. The van der Waals surface area contributed by atoms with Crippen molar-refractivity contribution in [1.29, 1.82) is 0 Å². The van der Waals surface area contributed by atoms with Gasteiger partial charge < -0.3 is 19.5 Å². The molecule has 0 aliphatic heterocycles. The van der Waals surface area contributed by atoms with E-state index in [1.165, 1.54) is 7.11 Å². The first-order chi connectivity index (χ1) is 12.7. The topological polar surface area (TPSA) is 56.8 Å². The summed E-state index contributed by atoms with van der Waals surface area (Å²) in [6.45, 7) is 0. The van der Waals surface area contributed by atoms with E-state index >= 15 is 0 Å². The van der Waals surface area contributed by atoms with Crippen LogP contribution in [0, 0.1) is 0 Å². The van der Waals surface area contributed by atoms with Crippen molar-refractivity contribution in [2.24, 2.45) is 0 Å². The van der Waals surface area contributed by atoms with E-state index in [2.05, 4.69) is 5.32 Å². The summed E-state index contributed by atoms with van der Waals surface area (Å²) in [5, 5.41) is 2.88. The van der Waals surface area contributed by atoms with E-state index < -0.39 is 0 Å². The van der Waals surface area contributed by atoms with Gasteiger partial charge in [-0.3, -0.25) is 4.79 Å². The Morgan fingerprint density at radius 3 is 2.04 bits per heavy atom. The Kier molecular flexibility index (Phi) is 5.39. The van der Waals surface area contributed by atoms with Gasteiger partial charge in [-0.05, 0) is 48.5 Å². The van der Waals surface area contributed by atoms with Gasteiger partial charge in [0.1, 0.15) is 17.2 Å². The molecule has 1 N–H and O–H groups in total. The van der Waals surface area contributed by atoms with Gasteiger partial charge in [-0.25, -0.2) is 0 Å². The number of para-hydroxylation sites is 3. The fourth-order valence-electron chi connectivity index (χ4n) is 2.45. The van der Waals surface area contributed by atoms with Gasteiger partial charge in [0.2, 0.25) is 0 Å². The van der Waals surface area contributed by atoms with Crippen LogP contribution in [0.25, 0.3) is 0 Å². The Balaban J connectivity index is 1.81. The molecule has 132 valence electrons. The normalized spacial score (nSPS) is 10.1. The van der Waals surface area contributed by atoms with Gasteiger partial charge in [0.25, 0.3) is 5.91 Å². The van der Waals surface area contributed by atoms with Crippen LogP contribution < -0.4 is 19.5 Å². The highest BCUT2D eigenvalue weighted by atomic mass is 16.5. The molecule has 0 saturated carbocycles. The highest BCUT2D eigenvalue weighted by molar-refractivity contribution is 6.06. The first-order valence-corrected chi connectivity index (χ1v) is 8.06. The van der Waals surface area contributed by atoms with E-state index in [1.54, 1.807) is 49.6 Å². The van der Waals surface area contributed by atoms with Crippen molar-refractivity contribution in [2.45, 2.75) is 0 Å². The monoisotopic (exact) mass is 349 g/mol. The molecule has 0 spiro atoms. The second-order valence-corrected chi connectivity index (χ2v) is 5.43. The van der Waals surface area contributed by atoms with Crippen LogP contribution in [0.5, 0.6) is 23.0 Å². The molecule has 0 fully saturated rings. The number of hydrogen-bond donors (Lipinski definition) is 1. The van der Waals surface area contributed by atoms with Crippen molar-refractivity contribution in [3.8, 4) is 23.0 Å². The van der Waals surface area contributed by atoms with Gasteiger partial charge in [0.15, 0.2) is 5.75 Å². The molecule has 3 aromatic carbocycles. The molecule has 0 aliphatic rings. The summed E-state index contributed by atoms with van der Waals surface area (Å²) in [7, 11) is 3.14. The zero-order chi connectivity index (χ0) is 18.4. The first-order valence-electron chi connectivity index (χ1n) is 8.06. The number of rotatable bonds is 6. The SMILES string of the molecule is COc1ccc(Oc2ccccc2NC(=O)c2ccccc2OC)cc1. The predicted molar refractivity (Wildman–Crippen MR) is 100 cm³/mol. The lowest BCUT2D eigenvalue weighted by Crippen LogP contribution is -2.13. The number of anilines is 1. The second kappa shape index (κ2) is 8.07. The molecule has 0 heterocycles. The molecule has 0 bridgehead atoms.